The third-order valence-corrected chi connectivity index (χ3v) is 6.36. The third kappa shape index (κ3) is 4.50. The topological polar surface area (TPSA) is 74.1 Å². The van der Waals surface area contributed by atoms with Gasteiger partial charge in [-0.15, -0.1) is 11.3 Å². The number of carbonyl (C=O) groups is 3. The van der Waals surface area contributed by atoms with Crippen LogP contribution in [0.1, 0.15) is 21.0 Å². The van der Waals surface area contributed by atoms with E-state index in [9.17, 15) is 14.4 Å². The first-order valence-corrected chi connectivity index (χ1v) is 10.9. The summed E-state index contributed by atoms with van der Waals surface area (Å²) >= 11 is 7.50. The quantitative estimate of drug-likeness (QED) is 0.564. The second-order valence-corrected chi connectivity index (χ2v) is 8.51. The van der Waals surface area contributed by atoms with Gasteiger partial charge in [-0.25, -0.2) is 0 Å². The van der Waals surface area contributed by atoms with Crippen LogP contribution in [0.25, 0.3) is 0 Å². The number of rotatable bonds is 6. The number of halogens is 1. The summed E-state index contributed by atoms with van der Waals surface area (Å²) in [5.74, 6) is -0.188. The highest BCUT2D eigenvalue weighted by atomic mass is 35.5. The highest BCUT2D eigenvalue weighted by Crippen LogP contribution is 2.29. The van der Waals surface area contributed by atoms with Crippen LogP contribution in [0.2, 0.25) is 5.02 Å². The van der Waals surface area contributed by atoms with Gasteiger partial charge in [0.2, 0.25) is 11.8 Å². The van der Waals surface area contributed by atoms with Crippen molar-refractivity contribution in [3.05, 3.63) is 75.3 Å². The van der Waals surface area contributed by atoms with E-state index in [0.717, 1.165) is 5.56 Å². The molecule has 1 aromatic carbocycles. The molecule has 0 saturated carbocycles. The summed E-state index contributed by atoms with van der Waals surface area (Å²) < 4.78 is 5.36. The third-order valence-electron chi connectivity index (χ3n) is 5.09. The van der Waals surface area contributed by atoms with E-state index in [0.29, 0.717) is 21.3 Å². The molecular formula is C22H20ClN3O4S. The van der Waals surface area contributed by atoms with E-state index in [1.807, 2.05) is 12.3 Å². The summed E-state index contributed by atoms with van der Waals surface area (Å²) in [6.07, 6.45) is 1.52. The molecule has 3 amide bonds. The van der Waals surface area contributed by atoms with Gasteiger partial charge in [0.1, 0.15) is 25.5 Å². The highest BCUT2D eigenvalue weighted by Gasteiger charge is 2.34. The molecular weight excluding hydrogens is 438 g/mol. The maximum Gasteiger partial charge on any atom is 0.264 e. The van der Waals surface area contributed by atoms with E-state index in [1.54, 1.807) is 42.5 Å². The summed E-state index contributed by atoms with van der Waals surface area (Å²) in [6, 6.07) is 12.3. The van der Waals surface area contributed by atoms with Crippen molar-refractivity contribution < 1.29 is 18.8 Å². The van der Waals surface area contributed by atoms with Gasteiger partial charge in [0, 0.05) is 10.7 Å². The smallest absolute Gasteiger partial charge is 0.264 e. The van der Waals surface area contributed by atoms with Gasteiger partial charge in [0.15, 0.2) is 0 Å². The lowest BCUT2D eigenvalue weighted by atomic mass is 10.2. The SMILES string of the molecule is Cc1c(Cl)cccc1N1CN(C(=O)CN(Cc2ccco2)C(=O)c2cccs2)CC1=O. The molecule has 3 heterocycles. The van der Waals surface area contributed by atoms with Gasteiger partial charge in [-0.3, -0.25) is 19.3 Å². The molecule has 0 bridgehead atoms. The number of hydrogen-bond acceptors (Lipinski definition) is 5. The molecule has 0 radical (unpaired) electrons. The van der Waals surface area contributed by atoms with Crippen molar-refractivity contribution in [1.29, 1.82) is 0 Å². The van der Waals surface area contributed by atoms with Crippen molar-refractivity contribution in [2.45, 2.75) is 13.5 Å². The molecule has 1 fully saturated rings. The van der Waals surface area contributed by atoms with Crippen molar-refractivity contribution in [3.63, 3.8) is 0 Å². The van der Waals surface area contributed by atoms with Crippen LogP contribution < -0.4 is 4.90 Å². The van der Waals surface area contributed by atoms with Crippen molar-refractivity contribution in [2.75, 3.05) is 24.7 Å². The number of carbonyl (C=O) groups excluding carboxylic acids is 3. The molecule has 1 saturated heterocycles. The van der Waals surface area contributed by atoms with Crippen LogP contribution in [-0.4, -0.2) is 47.3 Å². The van der Waals surface area contributed by atoms with E-state index in [-0.39, 0.29) is 44.0 Å². The molecule has 31 heavy (non-hydrogen) atoms. The molecule has 1 aliphatic rings. The molecule has 3 aromatic rings. The zero-order valence-corrected chi connectivity index (χ0v) is 18.4. The molecule has 0 aliphatic carbocycles. The number of furan rings is 1. The van der Waals surface area contributed by atoms with Crippen LogP contribution in [0.3, 0.4) is 0 Å². The van der Waals surface area contributed by atoms with Crippen LogP contribution in [0.5, 0.6) is 0 Å². The molecule has 2 aromatic heterocycles. The lowest BCUT2D eigenvalue weighted by Gasteiger charge is -2.24. The van der Waals surface area contributed by atoms with Crippen molar-refractivity contribution >= 4 is 46.3 Å². The minimum Gasteiger partial charge on any atom is -0.467 e. The van der Waals surface area contributed by atoms with Crippen LogP contribution >= 0.6 is 22.9 Å². The standard InChI is InChI=1S/C22H20ClN3O4S/c1-15-17(23)6-2-7-18(15)26-14-25(13-21(26)28)20(27)12-24(11-16-5-3-9-30-16)22(29)19-8-4-10-31-19/h2-10H,11-14H2,1H3. The Bertz CT molecular complexity index is 1100. The minimum absolute atomic E-state index is 0.0490. The predicted octanol–water partition coefficient (Wildman–Crippen LogP) is 3.78. The highest BCUT2D eigenvalue weighted by molar-refractivity contribution is 7.12. The Morgan fingerprint density at radius 3 is 2.74 bits per heavy atom. The number of thiophene rings is 1. The Labute approximate surface area is 188 Å². The Morgan fingerprint density at radius 1 is 1.19 bits per heavy atom. The van der Waals surface area contributed by atoms with Crippen LogP contribution in [0.4, 0.5) is 5.69 Å². The first kappa shape index (κ1) is 21.1. The van der Waals surface area contributed by atoms with E-state index >= 15 is 0 Å². The second-order valence-electron chi connectivity index (χ2n) is 7.16. The molecule has 4 rings (SSSR count). The predicted molar refractivity (Wildman–Crippen MR) is 118 cm³/mol. The zero-order chi connectivity index (χ0) is 22.0. The fourth-order valence-electron chi connectivity index (χ4n) is 3.42. The molecule has 1 aliphatic heterocycles. The summed E-state index contributed by atoms with van der Waals surface area (Å²) in [7, 11) is 0. The molecule has 0 N–H and O–H groups in total. The fraction of sp³-hybridized carbons (Fsp3) is 0.227. The molecule has 0 atom stereocenters. The second kappa shape index (κ2) is 8.95. The Balaban J connectivity index is 1.50. The first-order chi connectivity index (χ1) is 14.9. The van der Waals surface area contributed by atoms with Gasteiger partial charge in [-0.05, 0) is 48.2 Å². The normalized spacial score (nSPS) is 13.7. The lowest BCUT2D eigenvalue weighted by Crippen LogP contribution is -2.42. The maximum absolute atomic E-state index is 13.0. The van der Waals surface area contributed by atoms with E-state index in [4.69, 9.17) is 16.0 Å². The van der Waals surface area contributed by atoms with E-state index in [2.05, 4.69) is 0 Å². The van der Waals surface area contributed by atoms with Gasteiger partial charge in [-0.2, -0.15) is 0 Å². The minimum atomic E-state index is -0.313. The lowest BCUT2D eigenvalue weighted by molar-refractivity contribution is -0.132. The van der Waals surface area contributed by atoms with E-state index < -0.39 is 0 Å². The monoisotopic (exact) mass is 457 g/mol. The fourth-order valence-corrected chi connectivity index (χ4v) is 4.28. The summed E-state index contributed by atoms with van der Waals surface area (Å²) in [5.41, 5.74) is 1.45. The number of amides is 3. The average molecular weight is 458 g/mol. The molecule has 7 nitrogen and oxygen atoms in total. The average Bonchev–Trinajstić information content (AvgIpc) is 3.51. The molecule has 0 unspecified atom stereocenters. The number of hydrogen-bond donors (Lipinski definition) is 0. The summed E-state index contributed by atoms with van der Waals surface area (Å²) in [6.45, 7) is 1.90. The number of anilines is 1. The number of nitrogens with zero attached hydrogens (tertiary/aromatic N) is 3. The molecule has 9 heteroatoms. The largest absolute Gasteiger partial charge is 0.467 e. The van der Waals surface area contributed by atoms with Crippen LogP contribution in [-0.2, 0) is 16.1 Å². The molecule has 0 spiro atoms. The van der Waals surface area contributed by atoms with Crippen molar-refractivity contribution in [3.8, 4) is 0 Å². The van der Waals surface area contributed by atoms with Gasteiger partial charge in [0.05, 0.1) is 17.7 Å². The van der Waals surface area contributed by atoms with Crippen molar-refractivity contribution in [2.24, 2.45) is 0 Å². The van der Waals surface area contributed by atoms with Gasteiger partial charge < -0.3 is 14.2 Å². The van der Waals surface area contributed by atoms with Gasteiger partial charge in [0.25, 0.3) is 5.91 Å². The maximum atomic E-state index is 13.0. The number of benzene rings is 1. The van der Waals surface area contributed by atoms with Crippen LogP contribution in [0.15, 0.2) is 58.5 Å². The first-order valence-electron chi connectivity index (χ1n) is 9.62. The van der Waals surface area contributed by atoms with Gasteiger partial charge in [-0.1, -0.05) is 23.7 Å². The molecule has 160 valence electrons. The Morgan fingerprint density at radius 2 is 2.03 bits per heavy atom. The van der Waals surface area contributed by atoms with Gasteiger partial charge >= 0.3 is 0 Å². The Hall–Kier alpha value is -3.10. The van der Waals surface area contributed by atoms with E-state index in [1.165, 1.54) is 32.3 Å². The zero-order valence-electron chi connectivity index (χ0n) is 16.8. The van der Waals surface area contributed by atoms with Crippen molar-refractivity contribution in [1.82, 2.24) is 9.80 Å². The Kier molecular flexibility index (Phi) is 6.11. The van der Waals surface area contributed by atoms with Crippen LogP contribution in [0, 0.1) is 6.92 Å². The summed E-state index contributed by atoms with van der Waals surface area (Å²) in [5, 5.41) is 2.37. The summed E-state index contributed by atoms with van der Waals surface area (Å²) in [4.78, 5) is 43.5.